The number of carbonyl (C=O) groups is 1. The zero-order chi connectivity index (χ0) is 21.5. The van der Waals surface area contributed by atoms with E-state index in [0.29, 0.717) is 19.6 Å². The molecule has 0 N–H and O–H groups in total. The van der Waals surface area contributed by atoms with E-state index < -0.39 is 11.7 Å². The van der Waals surface area contributed by atoms with Crippen molar-refractivity contribution in [2.24, 2.45) is 12.5 Å². The predicted molar refractivity (Wildman–Crippen MR) is 101 cm³/mol. The van der Waals surface area contributed by atoms with Gasteiger partial charge in [0.25, 0.3) is 0 Å². The number of rotatable bonds is 5. The van der Waals surface area contributed by atoms with Crippen LogP contribution in [0.1, 0.15) is 22.9 Å². The Morgan fingerprint density at radius 3 is 2.50 bits per heavy atom. The van der Waals surface area contributed by atoms with Crippen molar-refractivity contribution in [3.8, 4) is 0 Å². The number of ether oxygens (including phenoxy) is 1. The normalized spacial score (nSPS) is 21.2. The van der Waals surface area contributed by atoms with Gasteiger partial charge in [-0.2, -0.15) is 13.2 Å². The van der Waals surface area contributed by atoms with Crippen LogP contribution in [0.2, 0.25) is 0 Å². The first kappa shape index (κ1) is 20.8. The summed E-state index contributed by atoms with van der Waals surface area (Å²) in [6, 6.07) is 5.29. The van der Waals surface area contributed by atoms with E-state index in [1.54, 1.807) is 6.33 Å². The number of likely N-dealkylation sites (tertiary alicyclic amines) is 2. The van der Waals surface area contributed by atoms with E-state index in [4.69, 9.17) is 4.74 Å². The summed E-state index contributed by atoms with van der Waals surface area (Å²) in [5.74, 6) is 0.842. The number of methoxy groups -OCH3 is 1. The second-order valence-corrected chi connectivity index (χ2v) is 8.26. The van der Waals surface area contributed by atoms with Crippen molar-refractivity contribution in [2.75, 3.05) is 39.9 Å². The Balaban J connectivity index is 1.46. The molecule has 1 unspecified atom stereocenters. The van der Waals surface area contributed by atoms with Crippen LogP contribution in [0.3, 0.4) is 0 Å². The van der Waals surface area contributed by atoms with Crippen molar-refractivity contribution in [1.82, 2.24) is 24.6 Å². The van der Waals surface area contributed by atoms with Crippen LogP contribution < -0.4 is 0 Å². The Hall–Kier alpha value is -2.46. The number of alkyl halides is 3. The molecule has 1 aromatic heterocycles. The smallest absolute Gasteiger partial charge is 0.375 e. The summed E-state index contributed by atoms with van der Waals surface area (Å²) in [5.41, 5.74) is 0.0472. The molecule has 2 aliphatic heterocycles. The summed E-state index contributed by atoms with van der Waals surface area (Å²) < 4.78 is 45.2. The highest BCUT2D eigenvalue weighted by atomic mass is 19.4. The molecule has 30 heavy (non-hydrogen) atoms. The van der Waals surface area contributed by atoms with Gasteiger partial charge < -0.3 is 14.2 Å². The fourth-order valence-corrected chi connectivity index (χ4v) is 4.67. The number of hydrogen-bond donors (Lipinski definition) is 0. The molecule has 0 bridgehead atoms. The molecule has 10 heteroatoms. The van der Waals surface area contributed by atoms with Gasteiger partial charge in [0.05, 0.1) is 5.56 Å². The van der Waals surface area contributed by atoms with E-state index >= 15 is 0 Å². The van der Waals surface area contributed by atoms with Crippen LogP contribution >= 0.6 is 0 Å². The third-order valence-electron chi connectivity index (χ3n) is 6.09. The van der Waals surface area contributed by atoms with Crippen LogP contribution in [0.5, 0.6) is 0 Å². The lowest BCUT2D eigenvalue weighted by Gasteiger charge is -2.50. The first-order valence-electron chi connectivity index (χ1n) is 9.71. The molecular formula is C20H24F3N5O2. The lowest BCUT2D eigenvalue weighted by molar-refractivity contribution is -0.137. The van der Waals surface area contributed by atoms with E-state index in [9.17, 15) is 18.0 Å². The van der Waals surface area contributed by atoms with Crippen molar-refractivity contribution >= 4 is 5.91 Å². The molecule has 2 aliphatic rings. The van der Waals surface area contributed by atoms with Gasteiger partial charge in [-0.1, -0.05) is 12.1 Å². The molecule has 162 valence electrons. The van der Waals surface area contributed by atoms with Crippen LogP contribution in [0.15, 0.2) is 30.6 Å². The SMILES string of the molecule is COCC(=O)N1CC(c2nncn2C)C2(CN(Cc3ccc(C(F)(F)F)cc3)C2)C1. The molecule has 1 atom stereocenters. The number of benzene rings is 1. The van der Waals surface area contributed by atoms with E-state index in [2.05, 4.69) is 15.1 Å². The highest BCUT2D eigenvalue weighted by Gasteiger charge is 2.56. The van der Waals surface area contributed by atoms with E-state index in [0.717, 1.165) is 36.6 Å². The van der Waals surface area contributed by atoms with E-state index in [-0.39, 0.29) is 23.8 Å². The third kappa shape index (κ3) is 3.81. The van der Waals surface area contributed by atoms with Gasteiger partial charge in [0.1, 0.15) is 18.8 Å². The van der Waals surface area contributed by atoms with E-state index in [1.807, 2.05) is 16.5 Å². The maximum absolute atomic E-state index is 12.8. The summed E-state index contributed by atoms with van der Waals surface area (Å²) in [4.78, 5) is 16.4. The number of hydrogen-bond acceptors (Lipinski definition) is 5. The molecule has 1 amide bonds. The minimum Gasteiger partial charge on any atom is -0.375 e. The van der Waals surface area contributed by atoms with Gasteiger partial charge in [-0.15, -0.1) is 10.2 Å². The summed E-state index contributed by atoms with van der Waals surface area (Å²) in [5, 5.41) is 8.27. The van der Waals surface area contributed by atoms with Crippen molar-refractivity contribution in [3.05, 3.63) is 47.5 Å². The van der Waals surface area contributed by atoms with Crippen LogP contribution in [0, 0.1) is 5.41 Å². The molecule has 0 radical (unpaired) electrons. The highest BCUT2D eigenvalue weighted by Crippen LogP contribution is 2.49. The number of halogens is 3. The molecule has 2 saturated heterocycles. The first-order valence-corrected chi connectivity index (χ1v) is 9.71. The topological polar surface area (TPSA) is 63.5 Å². The van der Waals surface area contributed by atoms with Gasteiger partial charge in [0.15, 0.2) is 0 Å². The Labute approximate surface area is 172 Å². The fraction of sp³-hybridized carbons (Fsp3) is 0.550. The maximum atomic E-state index is 12.8. The molecule has 7 nitrogen and oxygen atoms in total. The average molecular weight is 423 g/mol. The number of aromatic nitrogens is 3. The molecule has 1 aromatic carbocycles. The summed E-state index contributed by atoms with van der Waals surface area (Å²) in [7, 11) is 3.39. The second kappa shape index (κ2) is 7.66. The van der Waals surface area contributed by atoms with Crippen LogP contribution in [0.25, 0.3) is 0 Å². The molecule has 4 rings (SSSR count). The summed E-state index contributed by atoms with van der Waals surface area (Å²) in [6.07, 6.45) is -2.67. The average Bonchev–Trinajstić information content (AvgIpc) is 3.25. The largest absolute Gasteiger partial charge is 0.416 e. The summed E-state index contributed by atoms with van der Waals surface area (Å²) >= 11 is 0. The molecule has 3 heterocycles. The molecule has 0 aliphatic carbocycles. The van der Waals surface area contributed by atoms with Crippen LogP contribution in [0.4, 0.5) is 13.2 Å². The van der Waals surface area contributed by atoms with Gasteiger partial charge in [0.2, 0.25) is 5.91 Å². The highest BCUT2D eigenvalue weighted by molar-refractivity contribution is 5.78. The maximum Gasteiger partial charge on any atom is 0.416 e. The fourth-order valence-electron chi connectivity index (χ4n) is 4.67. The van der Waals surface area contributed by atoms with Crippen LogP contribution in [-0.2, 0) is 29.3 Å². The van der Waals surface area contributed by atoms with Gasteiger partial charge in [-0.25, -0.2) is 0 Å². The quantitative estimate of drug-likeness (QED) is 0.735. The van der Waals surface area contributed by atoms with Crippen molar-refractivity contribution in [3.63, 3.8) is 0 Å². The Morgan fingerprint density at radius 1 is 1.23 bits per heavy atom. The van der Waals surface area contributed by atoms with Crippen molar-refractivity contribution < 1.29 is 22.7 Å². The van der Waals surface area contributed by atoms with Gasteiger partial charge in [-0.05, 0) is 17.7 Å². The minimum atomic E-state index is -4.33. The van der Waals surface area contributed by atoms with Gasteiger partial charge >= 0.3 is 6.18 Å². The lowest BCUT2D eigenvalue weighted by atomic mass is 9.71. The zero-order valence-electron chi connectivity index (χ0n) is 16.9. The second-order valence-electron chi connectivity index (χ2n) is 8.26. The van der Waals surface area contributed by atoms with Crippen molar-refractivity contribution in [2.45, 2.75) is 18.6 Å². The Morgan fingerprint density at radius 2 is 1.93 bits per heavy atom. The van der Waals surface area contributed by atoms with Crippen LogP contribution in [-0.4, -0.2) is 70.4 Å². The molecular weight excluding hydrogens is 399 g/mol. The summed E-state index contributed by atoms with van der Waals surface area (Å²) in [6.45, 7) is 3.25. The zero-order valence-corrected chi connectivity index (χ0v) is 16.9. The Kier molecular flexibility index (Phi) is 5.31. The number of nitrogens with zero attached hydrogens (tertiary/aromatic N) is 5. The third-order valence-corrected chi connectivity index (χ3v) is 6.09. The van der Waals surface area contributed by atoms with Crippen molar-refractivity contribution in [1.29, 1.82) is 0 Å². The molecule has 1 spiro atoms. The van der Waals surface area contributed by atoms with E-state index in [1.165, 1.54) is 19.2 Å². The minimum absolute atomic E-state index is 0.0386. The molecule has 2 aromatic rings. The number of amides is 1. The van der Waals surface area contributed by atoms with Gasteiger partial charge in [0, 0.05) is 58.2 Å². The molecule has 0 saturated carbocycles. The molecule has 2 fully saturated rings. The standard InChI is InChI=1S/C20H24F3N5O2/c1-26-13-24-25-18(26)16-8-28(17(29)9-30-2)12-19(16)10-27(11-19)7-14-3-5-15(6-4-14)20(21,22)23/h3-6,13,16H,7-12H2,1-2H3. The first-order chi connectivity index (χ1) is 14.2. The van der Waals surface area contributed by atoms with Gasteiger partial charge in [-0.3, -0.25) is 9.69 Å². The predicted octanol–water partition coefficient (Wildman–Crippen LogP) is 1.91. The Bertz CT molecular complexity index is 906. The lowest BCUT2D eigenvalue weighted by Crippen LogP contribution is -2.59. The number of carbonyl (C=O) groups excluding carboxylic acids is 1. The monoisotopic (exact) mass is 423 g/mol. The number of aryl methyl sites for hydroxylation is 1.